The number of halogens is 4. The number of likely N-dealkylation sites (tertiary alicyclic amines) is 2. The van der Waals surface area contributed by atoms with Gasteiger partial charge in [0.15, 0.2) is 5.82 Å². The van der Waals surface area contributed by atoms with Gasteiger partial charge in [-0.05, 0) is 32.3 Å². The van der Waals surface area contributed by atoms with E-state index < -0.39 is 18.0 Å². The molecule has 12 heteroatoms. The molecule has 8 nitrogen and oxygen atoms in total. The number of carboxylic acid groups (broad SMARTS) is 1. The summed E-state index contributed by atoms with van der Waals surface area (Å²) in [5, 5.41) is 9.86. The molecule has 3 heterocycles. The molecule has 3 rings (SSSR count). The number of aromatic nitrogens is 1. The SMILES string of the molecule is CNC(=O)[C@H]1C[C@@H]2CN(C(=O)c3ccncc3F)C[C@@H]2N1C(C)C.O=C(O)C(F)(F)F. The summed E-state index contributed by atoms with van der Waals surface area (Å²) in [6.07, 6.45) is -1.87. The fourth-order valence-electron chi connectivity index (χ4n) is 4.10. The number of pyridine rings is 1. The quantitative estimate of drug-likeness (QED) is 0.680. The van der Waals surface area contributed by atoms with Crippen LogP contribution in [-0.4, -0.2) is 82.1 Å². The highest BCUT2D eigenvalue weighted by atomic mass is 19.4. The van der Waals surface area contributed by atoms with Gasteiger partial charge < -0.3 is 15.3 Å². The lowest BCUT2D eigenvalue weighted by Gasteiger charge is -2.33. The van der Waals surface area contributed by atoms with Gasteiger partial charge in [-0.2, -0.15) is 13.2 Å². The molecule has 2 saturated heterocycles. The maximum atomic E-state index is 13.8. The number of rotatable bonds is 3. The van der Waals surface area contributed by atoms with E-state index in [0.29, 0.717) is 13.1 Å². The second kappa shape index (κ2) is 9.58. The zero-order chi connectivity index (χ0) is 23.5. The van der Waals surface area contributed by atoms with E-state index in [1.807, 2.05) is 0 Å². The fourth-order valence-corrected chi connectivity index (χ4v) is 4.10. The molecule has 0 bridgehead atoms. The average molecular weight is 448 g/mol. The molecule has 2 N–H and O–H groups in total. The van der Waals surface area contributed by atoms with Crippen LogP contribution in [0.3, 0.4) is 0 Å². The molecule has 172 valence electrons. The highest BCUT2D eigenvalue weighted by Gasteiger charge is 2.50. The maximum Gasteiger partial charge on any atom is 0.490 e. The van der Waals surface area contributed by atoms with Crippen molar-refractivity contribution in [2.75, 3.05) is 20.1 Å². The summed E-state index contributed by atoms with van der Waals surface area (Å²) in [5.41, 5.74) is 0.0592. The summed E-state index contributed by atoms with van der Waals surface area (Å²) in [6, 6.07) is 1.61. The number of likely N-dealkylation sites (N-methyl/N-ethyl adjacent to an activating group) is 1. The van der Waals surface area contributed by atoms with E-state index in [2.05, 4.69) is 29.0 Å². The molecule has 0 aliphatic carbocycles. The van der Waals surface area contributed by atoms with Crippen molar-refractivity contribution in [3.63, 3.8) is 0 Å². The predicted octanol–water partition coefficient (Wildman–Crippen LogP) is 1.52. The van der Waals surface area contributed by atoms with Crippen molar-refractivity contribution in [1.29, 1.82) is 0 Å². The first-order valence-corrected chi connectivity index (χ1v) is 9.56. The standard InChI is InChI=1S/C17H23FN4O2.C2HF3O2/c1-10(2)22-14(16(23)19-3)6-11-8-21(9-15(11)22)17(24)12-4-5-20-7-13(12)18;3-2(4,5)1(6)7/h4-5,7,10-11,14-15H,6,8-9H2,1-3H3,(H,19,23);(H,6,7)/t11-,14-,15+;/m1./s1. The van der Waals surface area contributed by atoms with Crippen LogP contribution >= 0.6 is 0 Å². The van der Waals surface area contributed by atoms with Gasteiger partial charge in [0.05, 0.1) is 17.8 Å². The maximum absolute atomic E-state index is 13.8. The number of carbonyl (C=O) groups is 3. The summed E-state index contributed by atoms with van der Waals surface area (Å²) in [6.45, 7) is 5.20. The van der Waals surface area contributed by atoms with E-state index in [4.69, 9.17) is 9.90 Å². The Morgan fingerprint density at radius 1 is 1.26 bits per heavy atom. The Labute approximate surface area is 176 Å². The lowest BCUT2D eigenvalue weighted by Crippen LogP contribution is -2.50. The molecule has 2 fully saturated rings. The van der Waals surface area contributed by atoms with Crippen molar-refractivity contribution in [3.8, 4) is 0 Å². The third-order valence-electron chi connectivity index (χ3n) is 5.35. The van der Waals surface area contributed by atoms with E-state index >= 15 is 0 Å². The van der Waals surface area contributed by atoms with Crippen LogP contribution in [0.15, 0.2) is 18.5 Å². The summed E-state index contributed by atoms with van der Waals surface area (Å²) in [7, 11) is 1.65. The fraction of sp³-hybridized carbons (Fsp3) is 0.579. The topological polar surface area (TPSA) is 103 Å². The third kappa shape index (κ3) is 5.49. The molecule has 0 spiro atoms. The van der Waals surface area contributed by atoms with E-state index in [0.717, 1.165) is 12.6 Å². The molecule has 0 aromatic carbocycles. The van der Waals surface area contributed by atoms with Crippen LogP contribution in [0.25, 0.3) is 0 Å². The molecule has 1 aromatic heterocycles. The minimum atomic E-state index is -5.08. The number of fused-ring (bicyclic) bond motifs is 1. The number of hydrogen-bond donors (Lipinski definition) is 2. The highest BCUT2D eigenvalue weighted by Crippen LogP contribution is 2.37. The number of hydrogen-bond acceptors (Lipinski definition) is 5. The molecule has 0 saturated carbocycles. The van der Waals surface area contributed by atoms with Gasteiger partial charge in [-0.25, -0.2) is 9.18 Å². The van der Waals surface area contributed by atoms with Crippen molar-refractivity contribution < 1.29 is 37.1 Å². The van der Waals surface area contributed by atoms with Crippen molar-refractivity contribution >= 4 is 17.8 Å². The summed E-state index contributed by atoms with van der Waals surface area (Å²) in [5.74, 6) is -3.39. The van der Waals surface area contributed by atoms with Crippen molar-refractivity contribution in [2.45, 2.75) is 44.6 Å². The Hall–Kier alpha value is -2.76. The lowest BCUT2D eigenvalue weighted by molar-refractivity contribution is -0.192. The number of nitrogens with zero attached hydrogens (tertiary/aromatic N) is 3. The minimum Gasteiger partial charge on any atom is -0.475 e. The molecule has 0 radical (unpaired) electrons. The van der Waals surface area contributed by atoms with Crippen LogP contribution in [0, 0.1) is 11.7 Å². The van der Waals surface area contributed by atoms with Gasteiger partial charge in [-0.15, -0.1) is 0 Å². The van der Waals surface area contributed by atoms with Crippen LogP contribution in [0.1, 0.15) is 30.6 Å². The summed E-state index contributed by atoms with van der Waals surface area (Å²) >= 11 is 0. The first-order chi connectivity index (χ1) is 14.4. The van der Waals surface area contributed by atoms with Crippen molar-refractivity contribution in [1.82, 2.24) is 20.1 Å². The second-order valence-corrected chi connectivity index (χ2v) is 7.60. The van der Waals surface area contributed by atoms with Crippen LogP contribution in [0.2, 0.25) is 0 Å². The summed E-state index contributed by atoms with van der Waals surface area (Å²) in [4.78, 5) is 41.2. The molecule has 1 aromatic rings. The molecular formula is C19H24F4N4O4. The third-order valence-corrected chi connectivity index (χ3v) is 5.35. The Bertz CT molecular complexity index is 833. The van der Waals surface area contributed by atoms with Gasteiger partial charge in [0.1, 0.15) is 0 Å². The van der Waals surface area contributed by atoms with E-state index in [9.17, 15) is 27.2 Å². The minimum absolute atomic E-state index is 0.0242. The van der Waals surface area contributed by atoms with Gasteiger partial charge in [-0.3, -0.25) is 19.5 Å². The van der Waals surface area contributed by atoms with E-state index in [1.54, 1.807) is 11.9 Å². The molecule has 31 heavy (non-hydrogen) atoms. The van der Waals surface area contributed by atoms with Gasteiger partial charge in [0.2, 0.25) is 5.91 Å². The highest BCUT2D eigenvalue weighted by molar-refractivity contribution is 5.94. The van der Waals surface area contributed by atoms with Crippen LogP contribution < -0.4 is 5.32 Å². The van der Waals surface area contributed by atoms with E-state index in [-0.39, 0.29) is 41.4 Å². The number of aliphatic carboxylic acids is 1. The van der Waals surface area contributed by atoms with Gasteiger partial charge >= 0.3 is 12.1 Å². The number of nitrogens with one attached hydrogen (secondary N) is 1. The van der Waals surface area contributed by atoms with Gasteiger partial charge in [-0.1, -0.05) is 0 Å². The Kier molecular flexibility index (Phi) is 7.58. The number of amides is 2. The van der Waals surface area contributed by atoms with Crippen LogP contribution in [0.4, 0.5) is 17.6 Å². The second-order valence-electron chi connectivity index (χ2n) is 7.60. The van der Waals surface area contributed by atoms with Gasteiger partial charge in [0, 0.05) is 38.4 Å². The molecular weight excluding hydrogens is 424 g/mol. The summed E-state index contributed by atoms with van der Waals surface area (Å²) < 4.78 is 45.6. The molecule has 3 atom stereocenters. The molecule has 2 aliphatic heterocycles. The van der Waals surface area contributed by atoms with Crippen LogP contribution in [-0.2, 0) is 9.59 Å². The Morgan fingerprint density at radius 2 is 1.87 bits per heavy atom. The first kappa shape index (κ1) is 24.5. The normalized spacial score (nSPS) is 23.2. The molecule has 2 aliphatic rings. The van der Waals surface area contributed by atoms with E-state index in [1.165, 1.54) is 12.3 Å². The predicted molar refractivity (Wildman–Crippen MR) is 101 cm³/mol. The average Bonchev–Trinajstić information content (AvgIpc) is 3.24. The largest absolute Gasteiger partial charge is 0.490 e. The first-order valence-electron chi connectivity index (χ1n) is 9.56. The van der Waals surface area contributed by atoms with Crippen molar-refractivity contribution in [3.05, 3.63) is 29.8 Å². The smallest absolute Gasteiger partial charge is 0.475 e. The van der Waals surface area contributed by atoms with Crippen LogP contribution in [0.5, 0.6) is 0 Å². The Balaban J connectivity index is 0.000000423. The monoisotopic (exact) mass is 448 g/mol. The van der Waals surface area contributed by atoms with Crippen molar-refractivity contribution in [2.24, 2.45) is 5.92 Å². The Morgan fingerprint density at radius 3 is 2.35 bits per heavy atom. The lowest BCUT2D eigenvalue weighted by atomic mass is 10.0. The molecule has 2 amide bonds. The zero-order valence-corrected chi connectivity index (χ0v) is 17.2. The number of carbonyl (C=O) groups excluding carboxylic acids is 2. The number of carboxylic acids is 1. The molecule has 0 unspecified atom stereocenters. The number of alkyl halides is 3. The van der Waals surface area contributed by atoms with Gasteiger partial charge in [0.25, 0.3) is 5.91 Å². The zero-order valence-electron chi connectivity index (χ0n) is 17.2.